The van der Waals surface area contributed by atoms with Crippen LogP contribution < -0.4 is 5.32 Å². The van der Waals surface area contributed by atoms with Crippen molar-refractivity contribution in [3.05, 3.63) is 0 Å². The monoisotopic (exact) mass is 231 g/mol. The van der Waals surface area contributed by atoms with Gasteiger partial charge in [-0.2, -0.15) is 0 Å². The zero-order chi connectivity index (χ0) is 12.2. The maximum Gasteiger partial charge on any atom is 0.406 e. The van der Waals surface area contributed by atoms with E-state index in [2.05, 4.69) is 10.1 Å². The number of hydrogen-bond acceptors (Lipinski definition) is 5. The molecular weight excluding hydrogens is 214 g/mol. The Morgan fingerprint density at radius 2 is 2.19 bits per heavy atom. The number of esters is 1. The van der Waals surface area contributed by atoms with Gasteiger partial charge < -0.3 is 19.5 Å². The second-order valence-corrected chi connectivity index (χ2v) is 3.73. The van der Waals surface area contributed by atoms with E-state index in [0.717, 1.165) is 0 Å². The molecule has 0 aromatic heterocycles. The van der Waals surface area contributed by atoms with Crippen molar-refractivity contribution < 1.29 is 23.8 Å². The summed E-state index contributed by atoms with van der Waals surface area (Å²) < 4.78 is 14.5. The van der Waals surface area contributed by atoms with E-state index in [0.29, 0.717) is 19.6 Å². The summed E-state index contributed by atoms with van der Waals surface area (Å²) in [7, 11) is 1.30. The van der Waals surface area contributed by atoms with Gasteiger partial charge in [0.15, 0.2) is 6.10 Å². The molecule has 2 atom stereocenters. The molecule has 16 heavy (non-hydrogen) atoms. The van der Waals surface area contributed by atoms with Gasteiger partial charge in [-0.1, -0.05) is 0 Å². The second kappa shape index (κ2) is 5.16. The largest absolute Gasteiger partial charge is 0.464 e. The smallest absolute Gasteiger partial charge is 0.406 e. The van der Waals surface area contributed by atoms with Crippen molar-refractivity contribution in [2.24, 2.45) is 0 Å². The fourth-order valence-corrected chi connectivity index (χ4v) is 1.43. The molecule has 1 saturated heterocycles. The topological polar surface area (TPSA) is 77.2 Å². The van der Waals surface area contributed by atoms with E-state index < -0.39 is 17.8 Å². The Labute approximate surface area is 94.2 Å². The predicted octanol–water partition coefficient (Wildman–Crippen LogP) is 0.453. The number of carbonyl (C=O) groups excluding carboxylic acids is 2. The maximum atomic E-state index is 11.3. The third-order valence-electron chi connectivity index (χ3n) is 2.46. The molecular formula is C10H17NO5. The van der Waals surface area contributed by atoms with Crippen LogP contribution in [0.5, 0.6) is 0 Å². The van der Waals surface area contributed by atoms with E-state index in [1.165, 1.54) is 7.11 Å². The standard InChI is InChI=1S/C10H17NO5/c1-4-15-8(12)7-10(2,16-7)5-6-11-9(13)14-3/h7H,4-6H2,1-3H3,(H,11,13)/t7-,10-/m1/s1. The quantitative estimate of drug-likeness (QED) is 0.549. The van der Waals surface area contributed by atoms with Crippen LogP contribution in [0.15, 0.2) is 0 Å². The van der Waals surface area contributed by atoms with Crippen molar-refractivity contribution in [3.63, 3.8) is 0 Å². The summed E-state index contributed by atoms with van der Waals surface area (Å²) in [6, 6.07) is 0. The Morgan fingerprint density at radius 1 is 1.50 bits per heavy atom. The summed E-state index contributed by atoms with van der Waals surface area (Å²) in [4.78, 5) is 22.1. The third-order valence-corrected chi connectivity index (χ3v) is 2.46. The summed E-state index contributed by atoms with van der Waals surface area (Å²) in [6.45, 7) is 4.30. The number of carbonyl (C=O) groups is 2. The Kier molecular flexibility index (Phi) is 4.12. The molecule has 1 heterocycles. The van der Waals surface area contributed by atoms with Gasteiger partial charge >= 0.3 is 12.1 Å². The molecule has 1 aliphatic rings. The number of amides is 1. The molecule has 0 aromatic rings. The molecule has 1 aliphatic heterocycles. The van der Waals surface area contributed by atoms with Gasteiger partial charge in [0.25, 0.3) is 0 Å². The van der Waals surface area contributed by atoms with Crippen LogP contribution in [0.2, 0.25) is 0 Å². The van der Waals surface area contributed by atoms with Gasteiger partial charge in [-0.15, -0.1) is 0 Å². The highest BCUT2D eigenvalue weighted by Crippen LogP contribution is 2.39. The molecule has 1 fully saturated rings. The average Bonchev–Trinajstić information content (AvgIpc) is 2.91. The first-order valence-electron chi connectivity index (χ1n) is 5.19. The van der Waals surface area contributed by atoms with Crippen molar-refractivity contribution in [1.29, 1.82) is 0 Å². The Morgan fingerprint density at radius 3 is 2.75 bits per heavy atom. The molecule has 0 spiro atoms. The highest BCUT2D eigenvalue weighted by Gasteiger charge is 2.57. The van der Waals surface area contributed by atoms with Crippen molar-refractivity contribution in [3.8, 4) is 0 Å². The molecule has 1 rings (SSSR count). The molecule has 0 aromatic carbocycles. The number of methoxy groups -OCH3 is 1. The van der Waals surface area contributed by atoms with Gasteiger partial charge in [0.2, 0.25) is 0 Å². The van der Waals surface area contributed by atoms with Crippen molar-refractivity contribution in [2.75, 3.05) is 20.3 Å². The van der Waals surface area contributed by atoms with Gasteiger partial charge in [-0.25, -0.2) is 9.59 Å². The molecule has 92 valence electrons. The minimum atomic E-state index is -0.521. The molecule has 6 heteroatoms. The van der Waals surface area contributed by atoms with Crippen LogP contribution in [0, 0.1) is 0 Å². The van der Waals surface area contributed by atoms with Gasteiger partial charge in [-0.05, 0) is 20.3 Å². The van der Waals surface area contributed by atoms with E-state index in [9.17, 15) is 9.59 Å². The highest BCUT2D eigenvalue weighted by atomic mass is 16.7. The third kappa shape index (κ3) is 3.10. The lowest BCUT2D eigenvalue weighted by atomic mass is 10.0. The molecule has 1 N–H and O–H groups in total. The first kappa shape index (κ1) is 12.8. The SMILES string of the molecule is CCOC(=O)[C@H]1O[C@]1(C)CCNC(=O)OC. The molecule has 6 nitrogen and oxygen atoms in total. The molecule has 0 aliphatic carbocycles. The normalized spacial score (nSPS) is 27.1. The molecule has 1 amide bonds. The summed E-state index contributed by atoms with van der Waals surface area (Å²) >= 11 is 0. The lowest BCUT2D eigenvalue weighted by molar-refractivity contribution is -0.144. The van der Waals surface area contributed by atoms with Crippen LogP contribution in [-0.2, 0) is 19.0 Å². The first-order chi connectivity index (χ1) is 7.53. The lowest BCUT2D eigenvalue weighted by Crippen LogP contribution is -2.29. The van der Waals surface area contributed by atoms with Crippen molar-refractivity contribution >= 4 is 12.1 Å². The van der Waals surface area contributed by atoms with Crippen LogP contribution in [0.25, 0.3) is 0 Å². The van der Waals surface area contributed by atoms with Crippen LogP contribution in [-0.4, -0.2) is 44.0 Å². The van der Waals surface area contributed by atoms with Crippen LogP contribution in [0.1, 0.15) is 20.3 Å². The van der Waals surface area contributed by atoms with Crippen molar-refractivity contribution in [1.82, 2.24) is 5.32 Å². The fraction of sp³-hybridized carbons (Fsp3) is 0.800. The second-order valence-electron chi connectivity index (χ2n) is 3.73. The minimum Gasteiger partial charge on any atom is -0.464 e. The van der Waals surface area contributed by atoms with Gasteiger partial charge in [-0.3, -0.25) is 0 Å². The first-order valence-corrected chi connectivity index (χ1v) is 5.19. The van der Waals surface area contributed by atoms with Gasteiger partial charge in [0, 0.05) is 6.54 Å². The number of rotatable bonds is 5. The fourth-order valence-electron chi connectivity index (χ4n) is 1.43. The molecule has 0 bridgehead atoms. The molecule has 0 saturated carbocycles. The predicted molar refractivity (Wildman–Crippen MR) is 54.9 cm³/mol. The number of alkyl carbamates (subject to hydrolysis) is 1. The zero-order valence-corrected chi connectivity index (χ0v) is 9.74. The number of hydrogen-bond donors (Lipinski definition) is 1. The van der Waals surface area contributed by atoms with Gasteiger partial charge in [0.05, 0.1) is 13.7 Å². The van der Waals surface area contributed by atoms with E-state index in [-0.39, 0.29) is 5.97 Å². The van der Waals surface area contributed by atoms with E-state index in [1.54, 1.807) is 6.92 Å². The van der Waals surface area contributed by atoms with Crippen LogP contribution >= 0.6 is 0 Å². The summed E-state index contributed by atoms with van der Waals surface area (Å²) in [5.74, 6) is -0.344. The molecule has 0 unspecified atom stereocenters. The zero-order valence-electron chi connectivity index (χ0n) is 9.74. The van der Waals surface area contributed by atoms with Crippen molar-refractivity contribution in [2.45, 2.75) is 32.0 Å². The number of ether oxygens (including phenoxy) is 3. The summed E-state index contributed by atoms with van der Waals surface area (Å²) in [5.41, 5.74) is -0.521. The summed E-state index contributed by atoms with van der Waals surface area (Å²) in [5, 5.41) is 2.53. The molecule has 0 radical (unpaired) electrons. The van der Waals surface area contributed by atoms with E-state index in [4.69, 9.17) is 9.47 Å². The lowest BCUT2D eigenvalue weighted by Gasteiger charge is -2.07. The van der Waals surface area contributed by atoms with E-state index in [1.807, 2.05) is 6.92 Å². The maximum absolute atomic E-state index is 11.3. The Hall–Kier alpha value is -1.30. The summed E-state index contributed by atoms with van der Waals surface area (Å²) in [6.07, 6.45) is -0.449. The Balaban J connectivity index is 2.24. The minimum absolute atomic E-state index is 0.342. The van der Waals surface area contributed by atoms with Crippen LogP contribution in [0.4, 0.5) is 4.79 Å². The number of epoxide rings is 1. The Bertz CT molecular complexity index is 280. The van der Waals surface area contributed by atoms with Gasteiger partial charge in [0.1, 0.15) is 5.60 Å². The highest BCUT2D eigenvalue weighted by molar-refractivity contribution is 5.79. The average molecular weight is 231 g/mol. The van der Waals surface area contributed by atoms with Crippen LogP contribution in [0.3, 0.4) is 0 Å². The number of nitrogens with one attached hydrogen (secondary N) is 1. The van der Waals surface area contributed by atoms with E-state index >= 15 is 0 Å².